The zero-order valence-electron chi connectivity index (χ0n) is 15.2. The second-order valence-electron chi connectivity index (χ2n) is 6.81. The van der Waals surface area contributed by atoms with Gasteiger partial charge in [-0.2, -0.15) is 0 Å². The SMILES string of the molecule is C=C/C(=C\C(=C/C)CC(C)C(=O)O)OCC1CC(c2ccccc2)C1. The van der Waals surface area contributed by atoms with Gasteiger partial charge in [0.1, 0.15) is 5.76 Å². The summed E-state index contributed by atoms with van der Waals surface area (Å²) in [6.45, 7) is 8.13. The van der Waals surface area contributed by atoms with Crippen LogP contribution in [0, 0.1) is 11.8 Å². The average Bonchev–Trinajstić information content (AvgIpc) is 2.58. The van der Waals surface area contributed by atoms with Crippen molar-refractivity contribution in [2.45, 2.75) is 39.0 Å². The van der Waals surface area contributed by atoms with Gasteiger partial charge in [-0.1, -0.05) is 49.9 Å². The van der Waals surface area contributed by atoms with E-state index in [1.165, 1.54) is 5.56 Å². The Bertz CT molecular complexity index is 636. The van der Waals surface area contributed by atoms with E-state index in [2.05, 4.69) is 30.8 Å². The quantitative estimate of drug-likeness (QED) is 0.488. The smallest absolute Gasteiger partial charge is 0.306 e. The zero-order chi connectivity index (χ0) is 18.2. The van der Waals surface area contributed by atoms with Gasteiger partial charge in [0.05, 0.1) is 12.5 Å². The highest BCUT2D eigenvalue weighted by atomic mass is 16.5. The van der Waals surface area contributed by atoms with Gasteiger partial charge in [0, 0.05) is 0 Å². The van der Waals surface area contributed by atoms with Crippen molar-refractivity contribution < 1.29 is 14.6 Å². The van der Waals surface area contributed by atoms with Crippen molar-refractivity contribution in [3.05, 3.63) is 72.0 Å². The van der Waals surface area contributed by atoms with Gasteiger partial charge in [-0.3, -0.25) is 4.79 Å². The maximum atomic E-state index is 11.0. The van der Waals surface area contributed by atoms with Gasteiger partial charge in [0.15, 0.2) is 0 Å². The van der Waals surface area contributed by atoms with Crippen molar-refractivity contribution in [3.63, 3.8) is 0 Å². The van der Waals surface area contributed by atoms with Crippen LogP contribution < -0.4 is 0 Å². The topological polar surface area (TPSA) is 46.5 Å². The maximum Gasteiger partial charge on any atom is 0.306 e. The molecule has 3 heteroatoms. The van der Waals surface area contributed by atoms with Crippen LogP contribution in [-0.2, 0) is 9.53 Å². The van der Waals surface area contributed by atoms with E-state index in [4.69, 9.17) is 9.84 Å². The normalized spacial score (nSPS) is 22.0. The molecule has 1 aromatic rings. The Hall–Kier alpha value is -2.29. The van der Waals surface area contributed by atoms with Crippen LogP contribution >= 0.6 is 0 Å². The molecular formula is C22H28O3. The molecule has 1 aliphatic carbocycles. The molecule has 0 heterocycles. The number of carbonyl (C=O) groups is 1. The molecular weight excluding hydrogens is 312 g/mol. The highest BCUT2D eigenvalue weighted by Crippen LogP contribution is 2.41. The van der Waals surface area contributed by atoms with Crippen LogP contribution in [-0.4, -0.2) is 17.7 Å². The molecule has 2 rings (SSSR count). The highest BCUT2D eigenvalue weighted by molar-refractivity contribution is 5.70. The summed E-state index contributed by atoms with van der Waals surface area (Å²) >= 11 is 0. The Balaban J connectivity index is 1.82. The summed E-state index contributed by atoms with van der Waals surface area (Å²) in [5.74, 6) is 0.741. The molecule has 1 atom stereocenters. The van der Waals surface area contributed by atoms with Crippen LogP contribution in [0.4, 0.5) is 0 Å². The molecule has 0 amide bonds. The Morgan fingerprint density at radius 3 is 2.60 bits per heavy atom. The fraction of sp³-hybridized carbons (Fsp3) is 0.409. The van der Waals surface area contributed by atoms with Crippen molar-refractivity contribution in [1.82, 2.24) is 0 Å². The number of ether oxygens (including phenoxy) is 1. The van der Waals surface area contributed by atoms with Crippen molar-refractivity contribution in [2.24, 2.45) is 11.8 Å². The fourth-order valence-electron chi connectivity index (χ4n) is 3.13. The molecule has 1 N–H and O–H groups in total. The Labute approximate surface area is 150 Å². The summed E-state index contributed by atoms with van der Waals surface area (Å²) in [5.41, 5.74) is 2.37. The average molecular weight is 340 g/mol. The highest BCUT2D eigenvalue weighted by Gasteiger charge is 2.30. The number of rotatable bonds is 9. The molecule has 1 aliphatic rings. The van der Waals surface area contributed by atoms with Crippen LogP contribution in [0.25, 0.3) is 0 Å². The molecule has 1 fully saturated rings. The van der Waals surface area contributed by atoms with E-state index in [1.54, 1.807) is 13.0 Å². The molecule has 25 heavy (non-hydrogen) atoms. The summed E-state index contributed by atoms with van der Waals surface area (Å²) in [5, 5.41) is 9.05. The van der Waals surface area contributed by atoms with Crippen molar-refractivity contribution in [2.75, 3.05) is 6.61 Å². The van der Waals surface area contributed by atoms with Gasteiger partial charge in [0.2, 0.25) is 0 Å². The predicted molar refractivity (Wildman–Crippen MR) is 101 cm³/mol. The van der Waals surface area contributed by atoms with Crippen LogP contribution in [0.3, 0.4) is 0 Å². The molecule has 0 saturated heterocycles. The van der Waals surface area contributed by atoms with Gasteiger partial charge >= 0.3 is 5.97 Å². The summed E-state index contributed by atoms with van der Waals surface area (Å²) in [4.78, 5) is 11.0. The molecule has 1 saturated carbocycles. The van der Waals surface area contributed by atoms with Crippen LogP contribution in [0.15, 0.2) is 66.5 Å². The first kappa shape index (κ1) is 19.0. The summed E-state index contributed by atoms with van der Waals surface area (Å²) < 4.78 is 5.91. The second kappa shape index (κ2) is 9.26. The van der Waals surface area contributed by atoms with E-state index in [0.717, 1.165) is 18.4 Å². The standard InChI is InChI=1S/C22H28O3/c1-4-17(11-16(3)22(23)24)14-21(5-2)25-15-18-12-20(13-18)19-9-7-6-8-10-19/h4-10,14,16,18,20H,2,11-13,15H2,1,3H3,(H,23,24)/b17-4-,21-14+. The number of carboxylic acid groups (broad SMARTS) is 1. The molecule has 1 aromatic carbocycles. The van der Waals surface area contributed by atoms with Crippen LogP contribution in [0.2, 0.25) is 0 Å². The third kappa shape index (κ3) is 5.63. The van der Waals surface area contributed by atoms with Gasteiger partial charge in [-0.05, 0) is 61.3 Å². The lowest BCUT2D eigenvalue weighted by Crippen LogP contribution is -2.25. The number of hydrogen-bond acceptors (Lipinski definition) is 2. The van der Waals surface area contributed by atoms with E-state index in [-0.39, 0.29) is 0 Å². The van der Waals surface area contributed by atoms with Crippen molar-refractivity contribution in [1.29, 1.82) is 0 Å². The molecule has 0 aromatic heterocycles. The maximum absolute atomic E-state index is 11.0. The minimum Gasteiger partial charge on any atom is -0.493 e. The third-order valence-corrected chi connectivity index (χ3v) is 4.86. The molecule has 0 bridgehead atoms. The first-order chi connectivity index (χ1) is 12.0. The predicted octanol–water partition coefficient (Wildman–Crippen LogP) is 5.32. The Morgan fingerprint density at radius 2 is 2.04 bits per heavy atom. The lowest BCUT2D eigenvalue weighted by molar-refractivity contribution is -0.141. The third-order valence-electron chi connectivity index (χ3n) is 4.86. The largest absolute Gasteiger partial charge is 0.493 e. The molecule has 0 radical (unpaired) electrons. The fourth-order valence-corrected chi connectivity index (χ4v) is 3.13. The molecule has 1 unspecified atom stereocenters. The minimum atomic E-state index is -0.782. The van der Waals surface area contributed by atoms with Gasteiger partial charge in [-0.25, -0.2) is 0 Å². The number of allylic oxidation sites excluding steroid dienone is 4. The van der Waals surface area contributed by atoms with E-state index >= 15 is 0 Å². The Morgan fingerprint density at radius 1 is 1.36 bits per heavy atom. The minimum absolute atomic E-state index is 0.410. The van der Waals surface area contributed by atoms with Crippen molar-refractivity contribution in [3.8, 4) is 0 Å². The number of benzene rings is 1. The first-order valence-corrected chi connectivity index (χ1v) is 8.93. The van der Waals surface area contributed by atoms with Crippen molar-refractivity contribution >= 4 is 5.97 Å². The first-order valence-electron chi connectivity index (χ1n) is 8.93. The van der Waals surface area contributed by atoms with E-state index in [9.17, 15) is 4.79 Å². The number of aliphatic carboxylic acids is 1. The summed E-state index contributed by atoms with van der Waals surface area (Å²) in [7, 11) is 0. The van der Waals surface area contributed by atoms with Crippen LogP contribution in [0.1, 0.15) is 44.6 Å². The van der Waals surface area contributed by atoms with E-state index in [0.29, 0.717) is 30.6 Å². The number of hydrogen-bond donors (Lipinski definition) is 1. The van der Waals surface area contributed by atoms with Gasteiger partial charge in [-0.15, -0.1) is 0 Å². The van der Waals surface area contributed by atoms with Gasteiger partial charge in [0.25, 0.3) is 0 Å². The molecule has 0 aliphatic heterocycles. The zero-order valence-corrected chi connectivity index (χ0v) is 15.2. The number of carboxylic acids is 1. The molecule has 3 nitrogen and oxygen atoms in total. The van der Waals surface area contributed by atoms with Crippen LogP contribution in [0.5, 0.6) is 0 Å². The lowest BCUT2D eigenvalue weighted by atomic mass is 9.72. The summed E-state index contributed by atoms with van der Waals surface area (Å²) in [6, 6.07) is 10.6. The molecule has 0 spiro atoms. The Kier molecular flexibility index (Phi) is 7.05. The summed E-state index contributed by atoms with van der Waals surface area (Å²) in [6.07, 6.45) is 8.33. The second-order valence-corrected chi connectivity index (χ2v) is 6.81. The van der Waals surface area contributed by atoms with Gasteiger partial charge < -0.3 is 9.84 Å². The molecule has 134 valence electrons. The van der Waals surface area contributed by atoms with E-state index < -0.39 is 11.9 Å². The monoisotopic (exact) mass is 340 g/mol. The lowest BCUT2D eigenvalue weighted by Gasteiger charge is -2.35. The van der Waals surface area contributed by atoms with E-state index in [1.807, 2.05) is 25.1 Å².